The van der Waals surface area contributed by atoms with Gasteiger partial charge in [0, 0.05) is 5.56 Å². The number of carbonyl (C=O) groups is 1. The van der Waals surface area contributed by atoms with Crippen molar-refractivity contribution in [2.45, 2.75) is 20.8 Å². The number of nitrogens with two attached hydrogens (primary N) is 1. The van der Waals surface area contributed by atoms with E-state index in [0.29, 0.717) is 47.1 Å². The molecule has 0 unspecified atom stereocenters. The van der Waals surface area contributed by atoms with E-state index in [9.17, 15) is 9.90 Å². The Hall–Kier alpha value is -3.29. The number of benzene rings is 1. The van der Waals surface area contributed by atoms with Crippen molar-refractivity contribution in [3.05, 3.63) is 34.6 Å². The number of phenolic OH excluding ortho intramolecular Hbond substituents is 1. The highest BCUT2D eigenvalue weighted by atomic mass is 16.5. The number of amides is 1. The lowest BCUT2D eigenvalue weighted by Crippen LogP contribution is -2.30. The molecule has 3 heterocycles. The molecular weight excluding hydrogens is 334 g/mol. The number of hydrogen-bond acceptors (Lipinski definition) is 6. The summed E-state index contributed by atoms with van der Waals surface area (Å²) in [7, 11) is 0. The first kappa shape index (κ1) is 16.2. The molecule has 1 aliphatic heterocycles. The number of aromatic nitrogens is 3. The van der Waals surface area contributed by atoms with Crippen LogP contribution in [0.25, 0.3) is 16.7 Å². The molecule has 2 aromatic heterocycles. The van der Waals surface area contributed by atoms with E-state index in [1.807, 2.05) is 6.92 Å². The first-order chi connectivity index (χ1) is 12.4. The highest BCUT2D eigenvalue weighted by Crippen LogP contribution is 2.39. The monoisotopic (exact) mass is 353 g/mol. The number of ether oxygens (including phenoxy) is 1. The van der Waals surface area contributed by atoms with Crippen molar-refractivity contribution >= 4 is 22.8 Å². The molecule has 26 heavy (non-hydrogen) atoms. The van der Waals surface area contributed by atoms with Gasteiger partial charge in [0.25, 0.3) is 5.91 Å². The fourth-order valence-electron chi connectivity index (χ4n) is 3.40. The van der Waals surface area contributed by atoms with Gasteiger partial charge in [-0.15, -0.1) is 0 Å². The molecule has 3 aromatic rings. The molecule has 0 saturated heterocycles. The molecule has 0 saturated carbocycles. The summed E-state index contributed by atoms with van der Waals surface area (Å²) in [6.07, 6.45) is 0. The fraction of sp³-hybridized carbons (Fsp3) is 0.278. The van der Waals surface area contributed by atoms with Crippen LogP contribution in [0.2, 0.25) is 0 Å². The molecule has 0 fully saturated rings. The van der Waals surface area contributed by atoms with Crippen molar-refractivity contribution in [1.82, 2.24) is 19.9 Å². The minimum absolute atomic E-state index is 0.143. The Bertz CT molecular complexity index is 1070. The summed E-state index contributed by atoms with van der Waals surface area (Å²) in [6, 6.07) is 3.43. The van der Waals surface area contributed by atoms with Crippen molar-refractivity contribution in [2.75, 3.05) is 18.9 Å². The molecule has 8 nitrogen and oxygen atoms in total. The van der Waals surface area contributed by atoms with Crippen LogP contribution in [-0.4, -0.2) is 38.7 Å². The molecule has 4 N–H and O–H groups in total. The van der Waals surface area contributed by atoms with Gasteiger partial charge in [0.05, 0.1) is 23.2 Å². The fourth-order valence-corrected chi connectivity index (χ4v) is 3.40. The van der Waals surface area contributed by atoms with Gasteiger partial charge >= 0.3 is 0 Å². The Balaban J connectivity index is 2.20. The number of anilines is 1. The molecule has 0 bridgehead atoms. The number of rotatable bonds is 1. The zero-order chi connectivity index (χ0) is 18.6. The van der Waals surface area contributed by atoms with Crippen LogP contribution in [0.15, 0.2) is 12.1 Å². The largest absolute Gasteiger partial charge is 0.508 e. The lowest BCUT2D eigenvalue weighted by atomic mass is 10.1. The number of phenols is 1. The van der Waals surface area contributed by atoms with Crippen LogP contribution in [0.4, 0.5) is 5.82 Å². The Labute approximate surface area is 149 Å². The number of aryl methyl sites for hydroxylation is 2. The lowest BCUT2D eigenvalue weighted by molar-refractivity contribution is 0.0946. The van der Waals surface area contributed by atoms with E-state index in [0.717, 1.165) is 5.56 Å². The maximum atomic E-state index is 12.7. The van der Waals surface area contributed by atoms with Gasteiger partial charge in [0.15, 0.2) is 5.65 Å². The summed E-state index contributed by atoms with van der Waals surface area (Å²) in [6.45, 7) is 6.14. The number of nitrogen functional groups attached to an aromatic ring is 1. The second-order valence-corrected chi connectivity index (χ2v) is 6.35. The molecule has 0 spiro atoms. The number of hydrogen-bond donors (Lipinski definition) is 3. The average Bonchev–Trinajstić information content (AvgIpc) is 2.86. The van der Waals surface area contributed by atoms with E-state index in [1.165, 1.54) is 0 Å². The molecule has 0 aliphatic carbocycles. The van der Waals surface area contributed by atoms with Crippen molar-refractivity contribution in [3.63, 3.8) is 0 Å². The van der Waals surface area contributed by atoms with Gasteiger partial charge in [-0.2, -0.15) is 4.98 Å². The highest BCUT2D eigenvalue weighted by molar-refractivity contribution is 6.13. The van der Waals surface area contributed by atoms with E-state index in [1.54, 1.807) is 30.5 Å². The second-order valence-electron chi connectivity index (χ2n) is 6.35. The van der Waals surface area contributed by atoms with E-state index in [4.69, 9.17) is 10.5 Å². The zero-order valence-corrected chi connectivity index (χ0v) is 14.8. The third-order valence-electron chi connectivity index (χ3n) is 4.61. The predicted molar refractivity (Wildman–Crippen MR) is 97.0 cm³/mol. The minimum atomic E-state index is -0.293. The summed E-state index contributed by atoms with van der Waals surface area (Å²) in [5.41, 5.74) is 9.41. The molecule has 4 rings (SSSR count). The van der Waals surface area contributed by atoms with Gasteiger partial charge in [-0.25, -0.2) is 4.98 Å². The highest BCUT2D eigenvalue weighted by Gasteiger charge is 2.29. The summed E-state index contributed by atoms with van der Waals surface area (Å²) in [5.74, 6) is 0.941. The molecule has 1 aliphatic rings. The number of nitrogens with zero attached hydrogens (tertiary/aromatic N) is 3. The van der Waals surface area contributed by atoms with Gasteiger partial charge in [-0.1, -0.05) is 6.07 Å². The SMILES string of the molecule is Cc1nc2c3c(c(N)n(-c4c(C)ccc(O)c4C)c3n1)C(=O)NCCO2. The molecule has 0 atom stereocenters. The Morgan fingerprint density at radius 2 is 2.04 bits per heavy atom. The van der Waals surface area contributed by atoms with Gasteiger partial charge in [0.1, 0.15) is 24.0 Å². The van der Waals surface area contributed by atoms with Crippen molar-refractivity contribution in [2.24, 2.45) is 0 Å². The van der Waals surface area contributed by atoms with E-state index in [2.05, 4.69) is 15.3 Å². The maximum Gasteiger partial charge on any atom is 0.256 e. The lowest BCUT2D eigenvalue weighted by Gasteiger charge is -2.15. The van der Waals surface area contributed by atoms with E-state index in [-0.39, 0.29) is 23.0 Å². The second kappa shape index (κ2) is 5.62. The number of carbonyl (C=O) groups excluding carboxylic acids is 1. The normalized spacial score (nSPS) is 13.9. The van der Waals surface area contributed by atoms with E-state index >= 15 is 0 Å². The topological polar surface area (TPSA) is 115 Å². The summed E-state index contributed by atoms with van der Waals surface area (Å²) >= 11 is 0. The van der Waals surface area contributed by atoms with Crippen LogP contribution in [-0.2, 0) is 0 Å². The molecule has 1 aromatic carbocycles. The van der Waals surface area contributed by atoms with Crippen LogP contribution in [0.3, 0.4) is 0 Å². The van der Waals surface area contributed by atoms with Crippen LogP contribution < -0.4 is 15.8 Å². The molecule has 134 valence electrons. The molecule has 1 amide bonds. The van der Waals surface area contributed by atoms with Gasteiger partial charge in [-0.3, -0.25) is 9.36 Å². The van der Waals surface area contributed by atoms with Crippen LogP contribution >= 0.6 is 0 Å². The maximum absolute atomic E-state index is 12.7. The number of aromatic hydroxyl groups is 1. The summed E-state index contributed by atoms with van der Waals surface area (Å²) < 4.78 is 7.43. The minimum Gasteiger partial charge on any atom is -0.508 e. The van der Waals surface area contributed by atoms with Crippen molar-refractivity contribution in [3.8, 4) is 17.3 Å². The predicted octanol–water partition coefficient (Wildman–Crippen LogP) is 1.76. The third-order valence-corrected chi connectivity index (χ3v) is 4.61. The van der Waals surface area contributed by atoms with E-state index < -0.39 is 0 Å². The molecular formula is C18H19N5O3. The van der Waals surface area contributed by atoms with Gasteiger partial charge < -0.3 is 20.9 Å². The van der Waals surface area contributed by atoms with Crippen LogP contribution in [0.5, 0.6) is 11.6 Å². The van der Waals surface area contributed by atoms with Crippen molar-refractivity contribution < 1.29 is 14.6 Å². The van der Waals surface area contributed by atoms with Gasteiger partial charge in [0.2, 0.25) is 5.88 Å². The third kappa shape index (κ3) is 2.18. The Morgan fingerprint density at radius 3 is 2.81 bits per heavy atom. The first-order valence-corrected chi connectivity index (χ1v) is 8.29. The number of nitrogens with one attached hydrogen (secondary N) is 1. The zero-order valence-electron chi connectivity index (χ0n) is 14.8. The molecule has 8 heteroatoms. The smallest absolute Gasteiger partial charge is 0.256 e. The first-order valence-electron chi connectivity index (χ1n) is 8.29. The van der Waals surface area contributed by atoms with Gasteiger partial charge in [-0.05, 0) is 32.4 Å². The van der Waals surface area contributed by atoms with Crippen molar-refractivity contribution in [1.29, 1.82) is 0 Å². The Morgan fingerprint density at radius 1 is 1.27 bits per heavy atom. The average molecular weight is 353 g/mol. The van der Waals surface area contributed by atoms with Crippen LogP contribution in [0, 0.1) is 20.8 Å². The quantitative estimate of drug-likeness (QED) is 0.614. The van der Waals surface area contributed by atoms with Crippen LogP contribution in [0.1, 0.15) is 27.3 Å². The standard InChI is InChI=1S/C18H19N5O3/c1-8-4-5-11(24)9(2)14(8)23-15(19)12-13-16(23)21-10(3)22-18(13)26-7-6-20-17(12)25/h4-5,24H,6-7,19H2,1-3H3,(H,20,25). The summed E-state index contributed by atoms with van der Waals surface area (Å²) in [5, 5.41) is 13.4. The Kier molecular flexibility index (Phi) is 3.50. The summed E-state index contributed by atoms with van der Waals surface area (Å²) in [4.78, 5) is 21.5. The molecule has 0 radical (unpaired) electrons.